The molecule has 0 aliphatic heterocycles. The molecule has 1 heterocycles. The SMILES string of the molecule is CNc1ccc(C(=O)Nc2cc(Br)ccc2C#N)nn1. The van der Waals surface area contributed by atoms with E-state index in [-0.39, 0.29) is 5.69 Å². The van der Waals surface area contributed by atoms with Gasteiger partial charge < -0.3 is 10.6 Å². The number of hydrogen-bond donors (Lipinski definition) is 2. The monoisotopic (exact) mass is 331 g/mol. The van der Waals surface area contributed by atoms with Gasteiger partial charge in [-0.15, -0.1) is 10.2 Å². The molecule has 0 atom stereocenters. The molecule has 0 bridgehead atoms. The van der Waals surface area contributed by atoms with E-state index in [0.717, 1.165) is 4.47 Å². The van der Waals surface area contributed by atoms with Crippen molar-refractivity contribution in [2.24, 2.45) is 0 Å². The molecule has 0 fully saturated rings. The summed E-state index contributed by atoms with van der Waals surface area (Å²) >= 11 is 3.29. The molecule has 6 nitrogen and oxygen atoms in total. The number of anilines is 2. The van der Waals surface area contributed by atoms with E-state index in [1.165, 1.54) is 0 Å². The Morgan fingerprint density at radius 3 is 2.70 bits per heavy atom. The Hall–Kier alpha value is -2.46. The number of aromatic nitrogens is 2. The van der Waals surface area contributed by atoms with E-state index in [4.69, 9.17) is 5.26 Å². The molecule has 2 aromatic rings. The van der Waals surface area contributed by atoms with Gasteiger partial charge in [0.15, 0.2) is 5.69 Å². The highest BCUT2D eigenvalue weighted by Gasteiger charge is 2.11. The summed E-state index contributed by atoms with van der Waals surface area (Å²) in [6.07, 6.45) is 0. The van der Waals surface area contributed by atoms with Crippen molar-refractivity contribution in [2.45, 2.75) is 0 Å². The number of amides is 1. The Kier molecular flexibility index (Phi) is 4.27. The van der Waals surface area contributed by atoms with Crippen LogP contribution < -0.4 is 10.6 Å². The molecule has 0 saturated carbocycles. The van der Waals surface area contributed by atoms with Crippen LogP contribution in [0.25, 0.3) is 0 Å². The minimum atomic E-state index is -0.422. The van der Waals surface area contributed by atoms with E-state index in [1.54, 1.807) is 37.4 Å². The number of halogens is 1. The standard InChI is InChI=1S/C13H10BrN5O/c1-16-12-5-4-10(18-19-12)13(20)17-11-6-9(14)3-2-8(11)7-15/h2-6H,1H3,(H,16,19)(H,17,20). The van der Waals surface area contributed by atoms with Crippen LogP contribution in [0, 0.1) is 11.3 Å². The van der Waals surface area contributed by atoms with E-state index in [2.05, 4.69) is 36.8 Å². The molecule has 0 radical (unpaired) electrons. The summed E-state index contributed by atoms with van der Waals surface area (Å²) in [6.45, 7) is 0. The van der Waals surface area contributed by atoms with Gasteiger partial charge in [0, 0.05) is 11.5 Å². The van der Waals surface area contributed by atoms with Crippen molar-refractivity contribution in [1.82, 2.24) is 10.2 Å². The van der Waals surface area contributed by atoms with Gasteiger partial charge in [0.25, 0.3) is 5.91 Å². The first-order valence-electron chi connectivity index (χ1n) is 5.66. The Morgan fingerprint density at radius 1 is 1.30 bits per heavy atom. The third kappa shape index (κ3) is 3.10. The maximum atomic E-state index is 12.0. The van der Waals surface area contributed by atoms with Gasteiger partial charge >= 0.3 is 0 Å². The molecule has 20 heavy (non-hydrogen) atoms. The van der Waals surface area contributed by atoms with Gasteiger partial charge in [-0.25, -0.2) is 0 Å². The van der Waals surface area contributed by atoms with Gasteiger partial charge in [0.2, 0.25) is 0 Å². The Bertz CT molecular complexity index is 678. The number of nitrogens with one attached hydrogen (secondary N) is 2. The van der Waals surface area contributed by atoms with Gasteiger partial charge in [0.05, 0.1) is 11.3 Å². The second-order valence-corrected chi connectivity index (χ2v) is 4.73. The number of carbonyl (C=O) groups excluding carboxylic acids is 1. The molecule has 2 rings (SSSR count). The molecule has 0 unspecified atom stereocenters. The fourth-order valence-electron chi connectivity index (χ4n) is 1.49. The molecule has 2 N–H and O–H groups in total. The molecule has 0 saturated heterocycles. The van der Waals surface area contributed by atoms with Gasteiger partial charge in [-0.1, -0.05) is 15.9 Å². The third-order valence-electron chi connectivity index (χ3n) is 2.50. The first-order valence-corrected chi connectivity index (χ1v) is 6.46. The smallest absolute Gasteiger partial charge is 0.276 e. The summed E-state index contributed by atoms with van der Waals surface area (Å²) in [6, 6.07) is 10.2. The highest BCUT2D eigenvalue weighted by atomic mass is 79.9. The van der Waals surface area contributed by atoms with E-state index < -0.39 is 5.91 Å². The number of benzene rings is 1. The lowest BCUT2D eigenvalue weighted by molar-refractivity contribution is 0.102. The Morgan fingerprint density at radius 2 is 2.10 bits per heavy atom. The van der Waals surface area contributed by atoms with Crippen LogP contribution in [0.5, 0.6) is 0 Å². The second-order valence-electron chi connectivity index (χ2n) is 3.81. The van der Waals surface area contributed by atoms with Gasteiger partial charge in [-0.3, -0.25) is 4.79 Å². The Labute approximate surface area is 124 Å². The number of nitriles is 1. The molecule has 1 aromatic carbocycles. The zero-order valence-electron chi connectivity index (χ0n) is 10.5. The zero-order chi connectivity index (χ0) is 14.5. The molecule has 7 heteroatoms. The lowest BCUT2D eigenvalue weighted by Crippen LogP contribution is -2.15. The van der Waals surface area contributed by atoms with E-state index in [0.29, 0.717) is 17.1 Å². The average Bonchev–Trinajstić information content (AvgIpc) is 2.47. The minimum absolute atomic E-state index is 0.174. The van der Waals surface area contributed by atoms with Gasteiger partial charge in [-0.05, 0) is 30.3 Å². The quantitative estimate of drug-likeness (QED) is 0.901. The van der Waals surface area contributed by atoms with Crippen molar-refractivity contribution in [3.63, 3.8) is 0 Å². The van der Waals surface area contributed by atoms with Crippen LogP contribution in [-0.2, 0) is 0 Å². The van der Waals surface area contributed by atoms with Crippen molar-refractivity contribution >= 4 is 33.3 Å². The van der Waals surface area contributed by atoms with Gasteiger partial charge in [-0.2, -0.15) is 5.26 Å². The van der Waals surface area contributed by atoms with E-state index in [9.17, 15) is 4.79 Å². The zero-order valence-corrected chi connectivity index (χ0v) is 12.1. The third-order valence-corrected chi connectivity index (χ3v) is 3.00. The first kappa shape index (κ1) is 14.0. The van der Waals surface area contributed by atoms with Crippen LogP contribution >= 0.6 is 15.9 Å². The fourth-order valence-corrected chi connectivity index (χ4v) is 1.85. The number of nitrogens with zero attached hydrogens (tertiary/aromatic N) is 3. The van der Waals surface area contributed by atoms with Crippen molar-refractivity contribution in [2.75, 3.05) is 17.7 Å². The normalized spacial score (nSPS) is 9.65. The Balaban J connectivity index is 2.23. The van der Waals surface area contributed by atoms with Gasteiger partial charge in [0.1, 0.15) is 11.9 Å². The molecule has 0 spiro atoms. The summed E-state index contributed by atoms with van der Waals surface area (Å²) in [5.74, 6) is 0.150. The van der Waals surface area contributed by atoms with E-state index >= 15 is 0 Å². The summed E-state index contributed by atoms with van der Waals surface area (Å²) in [5.41, 5.74) is 0.973. The van der Waals surface area contributed by atoms with E-state index in [1.807, 2.05) is 6.07 Å². The largest absolute Gasteiger partial charge is 0.372 e. The molecular weight excluding hydrogens is 322 g/mol. The lowest BCUT2D eigenvalue weighted by atomic mass is 10.2. The van der Waals surface area contributed by atoms with Crippen LogP contribution in [0.3, 0.4) is 0 Å². The molecule has 1 amide bonds. The molecular formula is C13H10BrN5O. The lowest BCUT2D eigenvalue weighted by Gasteiger charge is -2.07. The molecule has 0 aliphatic carbocycles. The second kappa shape index (κ2) is 6.12. The maximum Gasteiger partial charge on any atom is 0.276 e. The van der Waals surface area contributed by atoms with Crippen LogP contribution in [0.4, 0.5) is 11.5 Å². The van der Waals surface area contributed by atoms with Crippen LogP contribution in [0.1, 0.15) is 16.1 Å². The summed E-state index contributed by atoms with van der Waals surface area (Å²) in [5, 5.41) is 22.1. The summed E-state index contributed by atoms with van der Waals surface area (Å²) in [7, 11) is 1.71. The fraction of sp³-hybridized carbons (Fsp3) is 0.0769. The average molecular weight is 332 g/mol. The highest BCUT2D eigenvalue weighted by Crippen LogP contribution is 2.21. The van der Waals surface area contributed by atoms with Crippen molar-refractivity contribution in [3.05, 3.63) is 46.1 Å². The molecule has 1 aromatic heterocycles. The maximum absolute atomic E-state index is 12.0. The predicted molar refractivity (Wildman–Crippen MR) is 78.4 cm³/mol. The molecule has 100 valence electrons. The topological polar surface area (TPSA) is 90.7 Å². The van der Waals surface area contributed by atoms with Crippen LogP contribution in [-0.4, -0.2) is 23.2 Å². The van der Waals surface area contributed by atoms with Crippen LogP contribution in [0.2, 0.25) is 0 Å². The van der Waals surface area contributed by atoms with Crippen molar-refractivity contribution in [1.29, 1.82) is 5.26 Å². The predicted octanol–water partition coefficient (Wildman–Crippen LogP) is 2.40. The molecule has 0 aliphatic rings. The highest BCUT2D eigenvalue weighted by molar-refractivity contribution is 9.10. The number of carbonyl (C=O) groups is 1. The van der Waals surface area contributed by atoms with Crippen molar-refractivity contribution in [3.8, 4) is 6.07 Å². The summed E-state index contributed by atoms with van der Waals surface area (Å²) < 4.78 is 0.767. The minimum Gasteiger partial charge on any atom is -0.372 e. The summed E-state index contributed by atoms with van der Waals surface area (Å²) in [4.78, 5) is 12.0. The van der Waals surface area contributed by atoms with Crippen LogP contribution in [0.15, 0.2) is 34.8 Å². The number of hydrogen-bond acceptors (Lipinski definition) is 5. The first-order chi connectivity index (χ1) is 9.63. The van der Waals surface area contributed by atoms with Crippen molar-refractivity contribution < 1.29 is 4.79 Å². The number of rotatable bonds is 3.